The largest absolute Gasteiger partial charge is 0.498 e. The number of rotatable bonds is 7. The Kier molecular flexibility index (Phi) is 12.1. The summed E-state index contributed by atoms with van der Waals surface area (Å²) in [5.74, 6) is 0.986. The standard InChI is InChI=1S/C28H36N2O3.C4H8/c1-21(2)16-18-29-27(32)28(24-12-7-5-8-13-24)17-11-19-33-23(4)22(3)20-26(31)30(28)25-14-9-6-10-15-25;1-3-4-2/h5-10,12-15,21H,11,16-20H2,1-4H3,(H,29,32);3H,1,4H2,2H3/b23-22-;. The van der Waals surface area contributed by atoms with E-state index in [4.69, 9.17) is 4.74 Å². The van der Waals surface area contributed by atoms with Gasteiger partial charge in [-0.15, -0.1) is 6.58 Å². The number of para-hydroxylation sites is 1. The highest BCUT2D eigenvalue weighted by atomic mass is 16.5. The van der Waals surface area contributed by atoms with Crippen LogP contribution >= 0.6 is 0 Å². The van der Waals surface area contributed by atoms with Crippen molar-refractivity contribution in [1.82, 2.24) is 5.32 Å². The Hall–Kier alpha value is -3.34. The molecule has 5 nitrogen and oxygen atoms in total. The van der Waals surface area contributed by atoms with Crippen molar-refractivity contribution < 1.29 is 14.3 Å². The lowest BCUT2D eigenvalue weighted by molar-refractivity contribution is -0.131. The van der Waals surface area contributed by atoms with Gasteiger partial charge in [-0.3, -0.25) is 14.5 Å². The van der Waals surface area contributed by atoms with Crippen LogP contribution < -0.4 is 10.2 Å². The van der Waals surface area contributed by atoms with Crippen molar-refractivity contribution in [2.45, 2.75) is 72.3 Å². The summed E-state index contributed by atoms with van der Waals surface area (Å²) >= 11 is 0. The maximum absolute atomic E-state index is 14.1. The molecule has 1 N–H and O–H groups in total. The molecule has 0 aliphatic carbocycles. The van der Waals surface area contributed by atoms with E-state index in [1.165, 1.54) is 0 Å². The van der Waals surface area contributed by atoms with Gasteiger partial charge in [0.05, 0.1) is 18.8 Å². The molecule has 0 bridgehead atoms. The minimum absolute atomic E-state index is 0.119. The first-order chi connectivity index (χ1) is 17.8. The molecular weight excluding hydrogens is 460 g/mol. The molecule has 0 saturated carbocycles. The van der Waals surface area contributed by atoms with Gasteiger partial charge in [0.25, 0.3) is 5.91 Å². The Balaban J connectivity index is 0.00000112. The summed E-state index contributed by atoms with van der Waals surface area (Å²) < 4.78 is 5.92. The van der Waals surface area contributed by atoms with Crippen LogP contribution in [0.15, 0.2) is 84.7 Å². The number of nitrogens with zero attached hydrogens (tertiary/aromatic N) is 1. The third kappa shape index (κ3) is 8.08. The number of ether oxygens (including phenoxy) is 1. The fourth-order valence-electron chi connectivity index (χ4n) is 4.33. The van der Waals surface area contributed by atoms with Gasteiger partial charge >= 0.3 is 0 Å². The molecule has 37 heavy (non-hydrogen) atoms. The van der Waals surface area contributed by atoms with Crippen LogP contribution in [-0.2, 0) is 19.9 Å². The highest BCUT2D eigenvalue weighted by Gasteiger charge is 2.48. The molecule has 1 aliphatic rings. The molecule has 1 heterocycles. The third-order valence-electron chi connectivity index (χ3n) is 6.59. The first-order valence-electron chi connectivity index (χ1n) is 13.4. The molecule has 0 aromatic heterocycles. The van der Waals surface area contributed by atoms with Crippen LogP contribution in [0.3, 0.4) is 0 Å². The number of hydrogen-bond donors (Lipinski definition) is 1. The summed E-state index contributed by atoms with van der Waals surface area (Å²) in [6, 6.07) is 19.2. The van der Waals surface area contributed by atoms with E-state index in [1.807, 2.05) is 80.6 Å². The number of benzene rings is 2. The molecule has 0 radical (unpaired) electrons. The smallest absolute Gasteiger partial charge is 0.251 e. The third-order valence-corrected chi connectivity index (χ3v) is 6.59. The number of allylic oxidation sites excluding steroid dienone is 2. The van der Waals surface area contributed by atoms with Crippen LogP contribution in [0, 0.1) is 5.92 Å². The van der Waals surface area contributed by atoms with Crippen LogP contribution in [0.1, 0.15) is 72.3 Å². The van der Waals surface area contributed by atoms with Crippen molar-refractivity contribution in [1.29, 1.82) is 0 Å². The minimum Gasteiger partial charge on any atom is -0.498 e. The Morgan fingerprint density at radius 1 is 1.11 bits per heavy atom. The number of amides is 2. The SMILES string of the molecule is C/C1=C(\C)OCCCC(C(=O)NCCC(C)C)(c2ccccc2)N(c2ccccc2)C(=O)C1.C=CCC. The Labute approximate surface area is 223 Å². The van der Waals surface area contributed by atoms with Crippen molar-refractivity contribution in [3.05, 3.63) is 90.2 Å². The Morgan fingerprint density at radius 2 is 1.70 bits per heavy atom. The number of carbonyl (C=O) groups is 2. The summed E-state index contributed by atoms with van der Waals surface area (Å²) in [5.41, 5.74) is 1.23. The van der Waals surface area contributed by atoms with Gasteiger partial charge in [-0.25, -0.2) is 0 Å². The second-order valence-electron chi connectivity index (χ2n) is 9.89. The lowest BCUT2D eigenvalue weighted by atomic mass is 9.81. The van der Waals surface area contributed by atoms with Crippen LogP contribution in [0.2, 0.25) is 0 Å². The zero-order chi connectivity index (χ0) is 27.3. The fraction of sp³-hybridized carbons (Fsp3) is 0.438. The van der Waals surface area contributed by atoms with Gasteiger partial charge in [0.2, 0.25) is 5.91 Å². The van der Waals surface area contributed by atoms with E-state index >= 15 is 0 Å². The number of hydrogen-bond acceptors (Lipinski definition) is 3. The highest BCUT2D eigenvalue weighted by Crippen LogP contribution is 2.39. The number of nitrogens with one attached hydrogen (secondary N) is 1. The summed E-state index contributed by atoms with van der Waals surface area (Å²) in [5, 5.41) is 3.16. The lowest BCUT2D eigenvalue weighted by Gasteiger charge is -2.44. The summed E-state index contributed by atoms with van der Waals surface area (Å²) in [6.07, 6.45) is 5.11. The molecule has 2 amide bonds. The minimum atomic E-state index is -1.18. The van der Waals surface area contributed by atoms with E-state index < -0.39 is 5.54 Å². The topological polar surface area (TPSA) is 58.6 Å². The second-order valence-corrected chi connectivity index (χ2v) is 9.89. The molecule has 2 aromatic carbocycles. The molecule has 200 valence electrons. The van der Waals surface area contributed by atoms with Crippen molar-refractivity contribution in [3.63, 3.8) is 0 Å². The molecule has 5 heteroatoms. The van der Waals surface area contributed by atoms with Gasteiger partial charge in [0.1, 0.15) is 0 Å². The zero-order valence-electron chi connectivity index (χ0n) is 23.3. The molecule has 0 spiro atoms. The molecule has 1 unspecified atom stereocenters. The predicted molar refractivity (Wildman–Crippen MR) is 153 cm³/mol. The van der Waals surface area contributed by atoms with Crippen LogP contribution in [0.5, 0.6) is 0 Å². The van der Waals surface area contributed by atoms with Crippen molar-refractivity contribution >= 4 is 17.5 Å². The maximum Gasteiger partial charge on any atom is 0.251 e. The van der Waals surface area contributed by atoms with Gasteiger partial charge in [0.15, 0.2) is 5.54 Å². The normalized spacial score (nSPS) is 20.4. The second kappa shape index (κ2) is 15.0. The average Bonchev–Trinajstić information content (AvgIpc) is 2.90. The Bertz CT molecular complexity index is 1030. The molecule has 0 saturated heterocycles. The molecule has 0 fully saturated rings. The van der Waals surface area contributed by atoms with Crippen molar-refractivity contribution in [2.75, 3.05) is 18.1 Å². The number of anilines is 1. The predicted octanol–water partition coefficient (Wildman–Crippen LogP) is 7.15. The van der Waals surface area contributed by atoms with E-state index in [0.717, 1.165) is 35.4 Å². The van der Waals surface area contributed by atoms with E-state index in [0.29, 0.717) is 31.9 Å². The number of carbonyl (C=O) groups excluding carboxylic acids is 2. The van der Waals surface area contributed by atoms with Crippen molar-refractivity contribution in [2.24, 2.45) is 5.92 Å². The quantitative estimate of drug-likeness (QED) is 0.407. The zero-order valence-corrected chi connectivity index (χ0v) is 23.3. The lowest BCUT2D eigenvalue weighted by Crippen LogP contribution is -2.59. The van der Waals surface area contributed by atoms with Crippen LogP contribution in [-0.4, -0.2) is 25.0 Å². The molecular formula is C32H44N2O3. The fourth-order valence-corrected chi connectivity index (χ4v) is 4.33. The molecule has 1 aliphatic heterocycles. The molecule has 2 aromatic rings. The molecule has 3 rings (SSSR count). The van der Waals surface area contributed by atoms with Gasteiger partial charge in [-0.2, -0.15) is 0 Å². The molecule has 1 atom stereocenters. The summed E-state index contributed by atoms with van der Waals surface area (Å²) in [7, 11) is 0. The van der Waals surface area contributed by atoms with E-state index in [-0.39, 0.29) is 18.2 Å². The Morgan fingerprint density at radius 3 is 2.27 bits per heavy atom. The monoisotopic (exact) mass is 504 g/mol. The van der Waals surface area contributed by atoms with Crippen LogP contribution in [0.4, 0.5) is 5.69 Å². The summed E-state index contributed by atoms with van der Waals surface area (Å²) in [4.78, 5) is 29.7. The average molecular weight is 505 g/mol. The summed E-state index contributed by atoms with van der Waals surface area (Å²) in [6.45, 7) is 14.7. The van der Waals surface area contributed by atoms with E-state index in [9.17, 15) is 9.59 Å². The van der Waals surface area contributed by atoms with E-state index in [2.05, 4.69) is 32.7 Å². The van der Waals surface area contributed by atoms with Gasteiger partial charge < -0.3 is 10.1 Å². The first-order valence-corrected chi connectivity index (χ1v) is 13.4. The van der Waals surface area contributed by atoms with Gasteiger partial charge in [0, 0.05) is 12.2 Å². The van der Waals surface area contributed by atoms with Crippen LogP contribution in [0.25, 0.3) is 0 Å². The van der Waals surface area contributed by atoms with E-state index in [1.54, 1.807) is 4.90 Å². The highest BCUT2D eigenvalue weighted by molar-refractivity contribution is 6.04. The van der Waals surface area contributed by atoms with Gasteiger partial charge in [-0.1, -0.05) is 75.4 Å². The first kappa shape index (κ1) is 29.9. The van der Waals surface area contributed by atoms with Crippen molar-refractivity contribution in [3.8, 4) is 0 Å². The maximum atomic E-state index is 14.1. The van der Waals surface area contributed by atoms with Gasteiger partial charge in [-0.05, 0) is 68.7 Å².